The number of aliphatic hydroxyl groups excluding tert-OH is 1. The lowest BCUT2D eigenvalue weighted by Crippen LogP contribution is -2.44. The van der Waals surface area contributed by atoms with Crippen LogP contribution in [0.2, 0.25) is 0 Å². The number of aromatic nitrogens is 1. The molecule has 0 saturated heterocycles. The zero-order chi connectivity index (χ0) is 13.1. The van der Waals surface area contributed by atoms with Gasteiger partial charge in [0.25, 0.3) is 0 Å². The van der Waals surface area contributed by atoms with Crippen LogP contribution in [-0.2, 0) is 0 Å². The second-order valence-electron chi connectivity index (χ2n) is 4.99. The quantitative estimate of drug-likeness (QED) is 0.816. The lowest BCUT2D eigenvalue weighted by Gasteiger charge is -2.35. The number of nitrogens with zero attached hydrogens (tertiary/aromatic N) is 2. The van der Waals surface area contributed by atoms with Crippen molar-refractivity contribution < 1.29 is 5.11 Å². The molecule has 0 aliphatic rings. The van der Waals surface area contributed by atoms with Gasteiger partial charge in [0.2, 0.25) is 0 Å². The molecule has 0 saturated carbocycles. The fourth-order valence-corrected chi connectivity index (χ4v) is 1.43. The molecule has 1 aromatic rings. The van der Waals surface area contributed by atoms with Crippen LogP contribution in [0.4, 0.5) is 5.82 Å². The van der Waals surface area contributed by atoms with Gasteiger partial charge in [-0.15, -0.1) is 0 Å². The first-order chi connectivity index (χ1) is 7.92. The molecule has 1 unspecified atom stereocenters. The van der Waals surface area contributed by atoms with Gasteiger partial charge in [-0.05, 0) is 39.4 Å². The largest absolute Gasteiger partial charge is 0.394 e. The predicted octanol–water partition coefficient (Wildman–Crippen LogP) is 1.57. The molecule has 17 heavy (non-hydrogen) atoms. The Bertz CT molecular complexity index is 348. The van der Waals surface area contributed by atoms with Gasteiger partial charge in [0.1, 0.15) is 5.82 Å². The van der Waals surface area contributed by atoms with Crippen molar-refractivity contribution in [2.75, 3.05) is 25.6 Å². The van der Waals surface area contributed by atoms with Gasteiger partial charge in [-0.3, -0.25) is 0 Å². The van der Waals surface area contributed by atoms with E-state index in [0.29, 0.717) is 6.04 Å². The van der Waals surface area contributed by atoms with Crippen LogP contribution in [0.15, 0.2) is 18.3 Å². The molecule has 4 nitrogen and oxygen atoms in total. The summed E-state index contributed by atoms with van der Waals surface area (Å²) in [5, 5.41) is 12.5. The van der Waals surface area contributed by atoms with E-state index >= 15 is 0 Å². The SMILES string of the molecule is CNC(C)c1ccc(N(C)C(C)(C)CO)nc1. The number of likely N-dealkylation sites (N-methyl/N-ethyl adjacent to an activating group) is 1. The van der Waals surface area contributed by atoms with Crippen molar-refractivity contribution in [2.45, 2.75) is 32.4 Å². The zero-order valence-electron chi connectivity index (χ0n) is 11.4. The van der Waals surface area contributed by atoms with E-state index in [-0.39, 0.29) is 12.1 Å². The number of nitrogens with one attached hydrogen (secondary N) is 1. The third-order valence-corrected chi connectivity index (χ3v) is 3.34. The number of rotatable bonds is 5. The Morgan fingerprint density at radius 2 is 2.12 bits per heavy atom. The Morgan fingerprint density at radius 1 is 1.47 bits per heavy atom. The number of anilines is 1. The van der Waals surface area contributed by atoms with Gasteiger partial charge in [0, 0.05) is 19.3 Å². The predicted molar refractivity (Wildman–Crippen MR) is 71.3 cm³/mol. The van der Waals surface area contributed by atoms with Crippen LogP contribution in [0.5, 0.6) is 0 Å². The van der Waals surface area contributed by atoms with E-state index in [9.17, 15) is 5.11 Å². The highest BCUT2D eigenvalue weighted by molar-refractivity contribution is 5.41. The van der Waals surface area contributed by atoms with E-state index in [2.05, 4.69) is 23.3 Å². The van der Waals surface area contributed by atoms with Crippen LogP contribution < -0.4 is 10.2 Å². The third kappa shape index (κ3) is 3.17. The van der Waals surface area contributed by atoms with Crippen molar-refractivity contribution in [2.24, 2.45) is 0 Å². The van der Waals surface area contributed by atoms with Crippen molar-refractivity contribution in [3.8, 4) is 0 Å². The van der Waals surface area contributed by atoms with Gasteiger partial charge >= 0.3 is 0 Å². The molecular weight excluding hydrogens is 214 g/mol. The van der Waals surface area contributed by atoms with Crippen LogP contribution in [0.1, 0.15) is 32.4 Å². The Morgan fingerprint density at radius 3 is 2.53 bits per heavy atom. The Labute approximate surface area is 104 Å². The molecule has 0 bridgehead atoms. The van der Waals surface area contributed by atoms with Gasteiger partial charge < -0.3 is 15.3 Å². The average Bonchev–Trinajstić information content (AvgIpc) is 2.37. The average molecular weight is 237 g/mol. The number of aliphatic hydroxyl groups is 1. The number of hydrogen-bond acceptors (Lipinski definition) is 4. The summed E-state index contributed by atoms with van der Waals surface area (Å²) >= 11 is 0. The van der Waals surface area contributed by atoms with Gasteiger partial charge in [-0.2, -0.15) is 0 Å². The molecule has 96 valence electrons. The highest BCUT2D eigenvalue weighted by Crippen LogP contribution is 2.21. The highest BCUT2D eigenvalue weighted by atomic mass is 16.3. The first-order valence-electron chi connectivity index (χ1n) is 5.90. The minimum atomic E-state index is -0.302. The first-order valence-corrected chi connectivity index (χ1v) is 5.90. The van der Waals surface area contributed by atoms with Gasteiger partial charge in [-0.25, -0.2) is 4.98 Å². The van der Waals surface area contributed by atoms with E-state index in [1.165, 1.54) is 0 Å². The van der Waals surface area contributed by atoms with Crippen LogP contribution in [0.3, 0.4) is 0 Å². The summed E-state index contributed by atoms with van der Waals surface area (Å²) in [5.41, 5.74) is 0.856. The number of pyridine rings is 1. The van der Waals surface area contributed by atoms with Crippen molar-refractivity contribution in [1.82, 2.24) is 10.3 Å². The molecule has 1 atom stereocenters. The van der Waals surface area contributed by atoms with Gasteiger partial charge in [0.15, 0.2) is 0 Å². The minimum absolute atomic E-state index is 0.0971. The second-order valence-corrected chi connectivity index (χ2v) is 4.99. The first kappa shape index (κ1) is 13.9. The van der Waals surface area contributed by atoms with Gasteiger partial charge in [-0.1, -0.05) is 6.07 Å². The van der Waals surface area contributed by atoms with E-state index in [1.807, 2.05) is 45.1 Å². The fraction of sp³-hybridized carbons (Fsp3) is 0.615. The third-order valence-electron chi connectivity index (χ3n) is 3.34. The monoisotopic (exact) mass is 237 g/mol. The molecule has 0 aromatic carbocycles. The van der Waals surface area contributed by atoms with Gasteiger partial charge in [0.05, 0.1) is 12.1 Å². The molecule has 0 radical (unpaired) electrons. The molecule has 1 heterocycles. The summed E-state index contributed by atoms with van der Waals surface area (Å²) in [6, 6.07) is 4.35. The summed E-state index contributed by atoms with van der Waals surface area (Å²) in [4.78, 5) is 6.42. The summed E-state index contributed by atoms with van der Waals surface area (Å²) in [7, 11) is 3.87. The molecule has 0 fully saturated rings. The van der Waals surface area contributed by atoms with Crippen molar-refractivity contribution >= 4 is 5.82 Å². The minimum Gasteiger partial charge on any atom is -0.394 e. The Balaban J connectivity index is 2.88. The lowest BCUT2D eigenvalue weighted by atomic mass is 10.1. The van der Waals surface area contributed by atoms with Crippen molar-refractivity contribution in [3.63, 3.8) is 0 Å². The van der Waals surface area contributed by atoms with Crippen molar-refractivity contribution in [3.05, 3.63) is 23.9 Å². The summed E-state index contributed by atoms with van der Waals surface area (Å²) in [5.74, 6) is 0.871. The molecule has 2 N–H and O–H groups in total. The zero-order valence-corrected chi connectivity index (χ0v) is 11.4. The molecule has 1 aromatic heterocycles. The Kier molecular flexibility index (Phi) is 4.48. The van der Waals surface area contributed by atoms with E-state index < -0.39 is 0 Å². The molecule has 0 aliphatic heterocycles. The molecule has 0 amide bonds. The summed E-state index contributed by atoms with van der Waals surface area (Å²) in [6.07, 6.45) is 1.88. The summed E-state index contributed by atoms with van der Waals surface area (Å²) in [6.45, 7) is 6.16. The molecular formula is C13H23N3O. The lowest BCUT2D eigenvalue weighted by molar-refractivity contribution is 0.215. The fourth-order valence-electron chi connectivity index (χ4n) is 1.43. The number of hydrogen-bond donors (Lipinski definition) is 2. The maximum Gasteiger partial charge on any atom is 0.128 e. The smallest absolute Gasteiger partial charge is 0.128 e. The van der Waals surface area contributed by atoms with Crippen molar-refractivity contribution in [1.29, 1.82) is 0 Å². The molecule has 0 aliphatic carbocycles. The van der Waals surface area contributed by atoms with Crippen LogP contribution in [0, 0.1) is 0 Å². The molecule has 4 heteroatoms. The van der Waals surface area contributed by atoms with Crippen LogP contribution in [0.25, 0.3) is 0 Å². The molecule has 1 rings (SSSR count). The van der Waals surface area contributed by atoms with Crippen LogP contribution in [-0.4, -0.2) is 36.3 Å². The normalized spacial score (nSPS) is 13.5. The summed E-state index contributed by atoms with van der Waals surface area (Å²) < 4.78 is 0. The second kappa shape index (κ2) is 5.47. The highest BCUT2D eigenvalue weighted by Gasteiger charge is 2.23. The van der Waals surface area contributed by atoms with Crippen LogP contribution >= 0.6 is 0 Å². The van der Waals surface area contributed by atoms with E-state index in [1.54, 1.807) is 0 Å². The Hall–Kier alpha value is -1.13. The standard InChI is InChI=1S/C13H23N3O/c1-10(14-4)11-6-7-12(15-8-11)16(5)13(2,3)9-17/h6-8,10,14,17H,9H2,1-5H3. The maximum atomic E-state index is 9.33. The maximum absolute atomic E-state index is 9.33. The van der Waals surface area contributed by atoms with E-state index in [4.69, 9.17) is 0 Å². The molecule has 0 spiro atoms. The topological polar surface area (TPSA) is 48.4 Å². The van der Waals surface area contributed by atoms with E-state index in [0.717, 1.165) is 11.4 Å².